The molecule has 3 nitrogen and oxygen atoms in total. The van der Waals surface area contributed by atoms with Crippen LogP contribution >= 0.6 is 0 Å². The van der Waals surface area contributed by atoms with Gasteiger partial charge < -0.3 is 4.42 Å². The molecule has 0 amide bonds. The zero-order chi connectivity index (χ0) is 27.1. The van der Waals surface area contributed by atoms with E-state index in [1.807, 2.05) is 0 Å². The van der Waals surface area contributed by atoms with Gasteiger partial charge in [0.15, 0.2) is 0 Å². The highest BCUT2D eigenvalue weighted by Crippen LogP contribution is 2.62. The molecule has 192 valence electrons. The van der Waals surface area contributed by atoms with Gasteiger partial charge in [0.1, 0.15) is 0 Å². The van der Waals surface area contributed by atoms with E-state index in [4.69, 9.17) is 4.42 Å². The third kappa shape index (κ3) is 3.06. The van der Waals surface area contributed by atoms with Gasteiger partial charge in [0.2, 0.25) is 11.8 Å². The first-order chi connectivity index (χ1) is 19.5. The SMILES string of the molecule is CC(C)(C)c1ccc(-c2nnc(-c3ccc4c(c3)C3(c5ccccc5-c5ccccc53)c3ccccc3-4)o2)cc1. The van der Waals surface area contributed by atoms with Crippen LogP contribution in [0.1, 0.15) is 48.6 Å². The molecule has 3 heteroatoms. The van der Waals surface area contributed by atoms with E-state index in [0.717, 1.165) is 11.1 Å². The molecule has 0 fully saturated rings. The monoisotopic (exact) mass is 516 g/mol. The summed E-state index contributed by atoms with van der Waals surface area (Å²) >= 11 is 0. The first kappa shape index (κ1) is 23.2. The Morgan fingerprint density at radius 2 is 0.950 bits per heavy atom. The Hall–Kier alpha value is -4.76. The fourth-order valence-electron chi connectivity index (χ4n) is 6.80. The number of aromatic nitrogens is 2. The summed E-state index contributed by atoms with van der Waals surface area (Å²) in [6.07, 6.45) is 0. The van der Waals surface area contributed by atoms with Gasteiger partial charge in [-0.3, -0.25) is 0 Å². The fourth-order valence-corrected chi connectivity index (χ4v) is 6.80. The van der Waals surface area contributed by atoms with Crippen LogP contribution in [0.15, 0.2) is 120 Å². The fraction of sp³-hybridized carbons (Fsp3) is 0.135. The van der Waals surface area contributed by atoms with Crippen LogP contribution < -0.4 is 0 Å². The lowest BCUT2D eigenvalue weighted by Crippen LogP contribution is -2.25. The van der Waals surface area contributed by atoms with Crippen molar-refractivity contribution in [2.45, 2.75) is 31.6 Å². The van der Waals surface area contributed by atoms with Gasteiger partial charge in [-0.15, -0.1) is 10.2 Å². The van der Waals surface area contributed by atoms with Gasteiger partial charge in [0, 0.05) is 11.1 Å². The van der Waals surface area contributed by atoms with Crippen LogP contribution in [0.25, 0.3) is 45.2 Å². The van der Waals surface area contributed by atoms with Gasteiger partial charge in [0.25, 0.3) is 0 Å². The van der Waals surface area contributed by atoms with E-state index in [0.29, 0.717) is 11.8 Å². The molecule has 40 heavy (non-hydrogen) atoms. The van der Waals surface area contributed by atoms with Crippen LogP contribution in [0.4, 0.5) is 0 Å². The Bertz CT molecular complexity index is 1880. The number of fused-ring (bicyclic) bond motifs is 10. The first-order valence-corrected chi connectivity index (χ1v) is 13.8. The summed E-state index contributed by atoms with van der Waals surface area (Å²) in [6, 6.07) is 41.6. The molecular formula is C37H28N2O. The zero-order valence-corrected chi connectivity index (χ0v) is 22.8. The van der Waals surface area contributed by atoms with Crippen molar-refractivity contribution in [3.05, 3.63) is 143 Å². The second kappa shape index (κ2) is 8.12. The van der Waals surface area contributed by atoms with Gasteiger partial charge in [0.05, 0.1) is 5.41 Å². The van der Waals surface area contributed by atoms with Crippen LogP contribution in [-0.2, 0) is 10.8 Å². The molecule has 0 saturated carbocycles. The summed E-state index contributed by atoms with van der Waals surface area (Å²) in [4.78, 5) is 0. The minimum absolute atomic E-state index is 0.0912. The van der Waals surface area contributed by atoms with Gasteiger partial charge in [-0.05, 0) is 79.8 Å². The highest BCUT2D eigenvalue weighted by atomic mass is 16.4. The van der Waals surface area contributed by atoms with Gasteiger partial charge >= 0.3 is 0 Å². The molecule has 0 saturated heterocycles. The van der Waals surface area contributed by atoms with Gasteiger partial charge in [-0.1, -0.05) is 112 Å². The molecule has 0 atom stereocenters. The van der Waals surface area contributed by atoms with Crippen LogP contribution in [0.2, 0.25) is 0 Å². The minimum Gasteiger partial charge on any atom is -0.416 e. The van der Waals surface area contributed by atoms with E-state index >= 15 is 0 Å². The van der Waals surface area contributed by atoms with Crippen molar-refractivity contribution in [2.75, 3.05) is 0 Å². The second-order valence-corrected chi connectivity index (χ2v) is 11.9. The Morgan fingerprint density at radius 3 is 1.48 bits per heavy atom. The molecule has 2 aliphatic carbocycles. The molecule has 0 unspecified atom stereocenters. The standard InChI is InChI=1S/C37H28N2O/c1-36(2,3)25-19-16-23(17-20-25)34-38-39-35(40-34)24-18-21-29-28-12-6-9-15-32(28)37(33(29)22-24)30-13-7-4-10-26(30)27-11-5-8-14-31(27)37/h4-22H,1-3H3. The van der Waals surface area contributed by atoms with Crippen LogP contribution in [-0.4, -0.2) is 10.2 Å². The topological polar surface area (TPSA) is 38.9 Å². The average Bonchev–Trinajstić information content (AvgIpc) is 3.67. The van der Waals surface area contributed by atoms with Gasteiger partial charge in [-0.25, -0.2) is 0 Å². The molecular weight excluding hydrogens is 488 g/mol. The predicted molar refractivity (Wildman–Crippen MR) is 160 cm³/mol. The number of nitrogens with zero attached hydrogens (tertiary/aromatic N) is 2. The van der Waals surface area contributed by atoms with E-state index in [-0.39, 0.29) is 10.8 Å². The highest BCUT2D eigenvalue weighted by Gasteiger charge is 2.51. The van der Waals surface area contributed by atoms with Crippen molar-refractivity contribution in [3.8, 4) is 45.2 Å². The molecule has 1 spiro atoms. The number of benzene rings is 5. The van der Waals surface area contributed by atoms with Crippen LogP contribution in [0.3, 0.4) is 0 Å². The molecule has 8 rings (SSSR count). The van der Waals surface area contributed by atoms with E-state index in [2.05, 4.69) is 146 Å². The minimum atomic E-state index is -0.388. The van der Waals surface area contributed by atoms with Crippen molar-refractivity contribution >= 4 is 0 Å². The van der Waals surface area contributed by atoms with Crippen LogP contribution in [0.5, 0.6) is 0 Å². The molecule has 2 aliphatic rings. The van der Waals surface area contributed by atoms with Crippen molar-refractivity contribution < 1.29 is 4.42 Å². The van der Waals surface area contributed by atoms with E-state index in [9.17, 15) is 0 Å². The van der Waals surface area contributed by atoms with Crippen LogP contribution in [0, 0.1) is 0 Å². The van der Waals surface area contributed by atoms with E-state index < -0.39 is 0 Å². The van der Waals surface area contributed by atoms with Crippen molar-refractivity contribution in [3.63, 3.8) is 0 Å². The smallest absolute Gasteiger partial charge is 0.248 e. The largest absolute Gasteiger partial charge is 0.416 e. The van der Waals surface area contributed by atoms with E-state index in [1.54, 1.807) is 0 Å². The summed E-state index contributed by atoms with van der Waals surface area (Å²) in [7, 11) is 0. The lowest BCUT2D eigenvalue weighted by Gasteiger charge is -2.30. The maximum atomic E-state index is 6.29. The van der Waals surface area contributed by atoms with E-state index in [1.165, 1.54) is 50.1 Å². The third-order valence-electron chi connectivity index (χ3n) is 8.67. The first-order valence-electron chi connectivity index (χ1n) is 13.8. The molecule has 5 aromatic carbocycles. The van der Waals surface area contributed by atoms with Crippen molar-refractivity contribution in [1.82, 2.24) is 10.2 Å². The molecule has 0 N–H and O–H groups in total. The summed E-state index contributed by atoms with van der Waals surface area (Å²) in [6.45, 7) is 6.65. The summed E-state index contributed by atoms with van der Waals surface area (Å²) in [5.74, 6) is 1.06. The molecule has 0 bridgehead atoms. The normalized spacial score (nSPS) is 14.1. The second-order valence-electron chi connectivity index (χ2n) is 11.9. The Kier molecular flexibility index (Phi) is 4.70. The maximum Gasteiger partial charge on any atom is 0.248 e. The summed E-state index contributed by atoms with van der Waals surface area (Å²) < 4.78 is 6.29. The Labute approximate surface area is 234 Å². The molecule has 1 aromatic heterocycles. The molecule has 6 aromatic rings. The molecule has 0 radical (unpaired) electrons. The Balaban J connectivity index is 1.31. The van der Waals surface area contributed by atoms with Gasteiger partial charge in [-0.2, -0.15) is 0 Å². The molecule has 0 aliphatic heterocycles. The highest BCUT2D eigenvalue weighted by molar-refractivity contribution is 5.95. The lowest BCUT2D eigenvalue weighted by atomic mass is 9.70. The number of rotatable bonds is 2. The molecule has 1 heterocycles. The number of hydrogen-bond acceptors (Lipinski definition) is 3. The summed E-state index contributed by atoms with van der Waals surface area (Å²) in [5, 5.41) is 8.93. The third-order valence-corrected chi connectivity index (χ3v) is 8.67. The lowest BCUT2D eigenvalue weighted by molar-refractivity contribution is 0.582. The zero-order valence-electron chi connectivity index (χ0n) is 22.8. The number of hydrogen-bond donors (Lipinski definition) is 0. The predicted octanol–water partition coefficient (Wildman–Crippen LogP) is 9.04. The van der Waals surface area contributed by atoms with Crippen molar-refractivity contribution in [2.24, 2.45) is 0 Å². The Morgan fingerprint density at radius 1 is 0.500 bits per heavy atom. The maximum absolute atomic E-state index is 6.29. The van der Waals surface area contributed by atoms with Crippen molar-refractivity contribution in [1.29, 1.82) is 0 Å². The average molecular weight is 517 g/mol. The quantitative estimate of drug-likeness (QED) is 0.230. The summed E-state index contributed by atoms with van der Waals surface area (Å²) in [5.41, 5.74) is 13.2.